The van der Waals surface area contributed by atoms with Gasteiger partial charge in [-0.05, 0) is 18.1 Å². The van der Waals surface area contributed by atoms with E-state index in [1.54, 1.807) is 37.3 Å². The van der Waals surface area contributed by atoms with Gasteiger partial charge in [-0.1, -0.05) is 36.4 Å². The van der Waals surface area contributed by atoms with Crippen molar-refractivity contribution in [2.24, 2.45) is 0 Å². The average molecular weight is 265 g/mol. The molecule has 0 spiro atoms. The fourth-order valence-corrected chi connectivity index (χ4v) is 2.25. The molecular weight excluding hydrogens is 251 g/mol. The van der Waals surface area contributed by atoms with Crippen molar-refractivity contribution in [3.8, 4) is 11.1 Å². The van der Waals surface area contributed by atoms with Crippen LogP contribution in [0, 0.1) is 6.92 Å². The van der Waals surface area contributed by atoms with Crippen molar-refractivity contribution < 1.29 is 13.2 Å². The maximum Gasteiger partial charge on any atom is 0.432 e. The Labute approximate surface area is 110 Å². The number of aromatic nitrogens is 1. The van der Waals surface area contributed by atoms with E-state index in [1.165, 1.54) is 16.8 Å². The standard InChI is InChI=1S/C15H14F3N/c1-3-9-19-10-11(2)13(14(19)15(16,17)18)12-7-5-4-6-8-12/h3-8,10H,1,9H2,2H3. The molecule has 0 amide bonds. The van der Waals surface area contributed by atoms with Crippen LogP contribution in [0.2, 0.25) is 0 Å². The molecule has 0 N–H and O–H groups in total. The molecule has 0 saturated carbocycles. The maximum absolute atomic E-state index is 13.3. The summed E-state index contributed by atoms with van der Waals surface area (Å²) in [4.78, 5) is 0. The van der Waals surface area contributed by atoms with Crippen molar-refractivity contribution in [2.45, 2.75) is 19.6 Å². The van der Waals surface area contributed by atoms with E-state index < -0.39 is 11.9 Å². The first-order valence-corrected chi connectivity index (χ1v) is 5.88. The van der Waals surface area contributed by atoms with E-state index in [-0.39, 0.29) is 12.1 Å². The Hall–Kier alpha value is -1.97. The second-order valence-corrected chi connectivity index (χ2v) is 4.34. The molecule has 0 saturated heterocycles. The van der Waals surface area contributed by atoms with Gasteiger partial charge in [-0.15, -0.1) is 6.58 Å². The van der Waals surface area contributed by atoms with Crippen LogP contribution in [0.1, 0.15) is 11.3 Å². The van der Waals surface area contributed by atoms with Gasteiger partial charge in [-0.25, -0.2) is 0 Å². The first-order chi connectivity index (χ1) is 8.95. The molecule has 0 aliphatic carbocycles. The number of rotatable bonds is 3. The van der Waals surface area contributed by atoms with E-state index in [0.717, 1.165) is 0 Å². The molecule has 0 fully saturated rings. The smallest absolute Gasteiger partial charge is 0.339 e. The monoisotopic (exact) mass is 265 g/mol. The number of allylic oxidation sites excluding steroid dienone is 1. The molecule has 0 unspecified atom stereocenters. The number of benzene rings is 1. The lowest BCUT2D eigenvalue weighted by atomic mass is 10.0. The van der Waals surface area contributed by atoms with Crippen molar-refractivity contribution in [1.82, 2.24) is 4.57 Å². The number of halogens is 3. The largest absolute Gasteiger partial charge is 0.432 e. The van der Waals surface area contributed by atoms with Crippen LogP contribution in [0.5, 0.6) is 0 Å². The molecular formula is C15H14F3N. The van der Waals surface area contributed by atoms with Crippen LogP contribution in [-0.4, -0.2) is 4.57 Å². The van der Waals surface area contributed by atoms with Crippen LogP contribution in [-0.2, 0) is 12.7 Å². The Balaban J connectivity index is 2.70. The molecule has 4 heteroatoms. The summed E-state index contributed by atoms with van der Waals surface area (Å²) < 4.78 is 41.0. The number of hydrogen-bond acceptors (Lipinski definition) is 0. The molecule has 0 aliphatic rings. The van der Waals surface area contributed by atoms with E-state index in [1.807, 2.05) is 0 Å². The minimum atomic E-state index is -4.39. The van der Waals surface area contributed by atoms with Gasteiger partial charge >= 0.3 is 6.18 Å². The quantitative estimate of drug-likeness (QED) is 0.711. The highest BCUT2D eigenvalue weighted by atomic mass is 19.4. The predicted molar refractivity (Wildman–Crippen MR) is 69.8 cm³/mol. The summed E-state index contributed by atoms with van der Waals surface area (Å²) in [5.74, 6) is 0. The average Bonchev–Trinajstić information content (AvgIpc) is 2.67. The first-order valence-electron chi connectivity index (χ1n) is 5.88. The van der Waals surface area contributed by atoms with E-state index in [4.69, 9.17) is 0 Å². The van der Waals surface area contributed by atoms with Gasteiger partial charge < -0.3 is 4.57 Å². The lowest BCUT2D eigenvalue weighted by Crippen LogP contribution is -2.13. The molecule has 100 valence electrons. The maximum atomic E-state index is 13.3. The van der Waals surface area contributed by atoms with Crippen molar-refractivity contribution in [3.63, 3.8) is 0 Å². The molecule has 19 heavy (non-hydrogen) atoms. The molecule has 0 radical (unpaired) electrons. The van der Waals surface area contributed by atoms with Gasteiger partial charge in [0.15, 0.2) is 0 Å². The van der Waals surface area contributed by atoms with Crippen LogP contribution in [0.4, 0.5) is 13.2 Å². The SMILES string of the molecule is C=CCn1cc(C)c(-c2ccccc2)c1C(F)(F)F. The van der Waals surface area contributed by atoms with E-state index in [9.17, 15) is 13.2 Å². The highest BCUT2D eigenvalue weighted by Gasteiger charge is 2.38. The minimum Gasteiger partial charge on any atom is -0.339 e. The van der Waals surface area contributed by atoms with Crippen molar-refractivity contribution in [2.75, 3.05) is 0 Å². The lowest BCUT2D eigenvalue weighted by Gasteiger charge is -2.13. The number of alkyl halides is 3. The second kappa shape index (κ2) is 4.96. The van der Waals surface area contributed by atoms with Crippen LogP contribution in [0.15, 0.2) is 49.2 Å². The molecule has 0 bridgehead atoms. The zero-order valence-corrected chi connectivity index (χ0v) is 10.5. The lowest BCUT2D eigenvalue weighted by molar-refractivity contribution is -0.142. The highest BCUT2D eigenvalue weighted by Crippen LogP contribution is 2.40. The predicted octanol–water partition coefficient (Wildman–Crippen LogP) is 4.67. The molecule has 2 rings (SSSR count). The summed E-state index contributed by atoms with van der Waals surface area (Å²) in [6, 6.07) is 8.64. The summed E-state index contributed by atoms with van der Waals surface area (Å²) in [6.45, 7) is 5.34. The summed E-state index contributed by atoms with van der Waals surface area (Å²) in [7, 11) is 0. The van der Waals surface area contributed by atoms with E-state index in [0.29, 0.717) is 11.1 Å². The van der Waals surface area contributed by atoms with Crippen LogP contribution in [0.25, 0.3) is 11.1 Å². The van der Waals surface area contributed by atoms with Crippen LogP contribution >= 0.6 is 0 Å². The Morgan fingerprint density at radius 3 is 2.37 bits per heavy atom. The van der Waals surface area contributed by atoms with Gasteiger partial charge in [-0.2, -0.15) is 13.2 Å². The number of hydrogen-bond donors (Lipinski definition) is 0. The van der Waals surface area contributed by atoms with E-state index in [2.05, 4.69) is 6.58 Å². The summed E-state index contributed by atoms with van der Waals surface area (Å²) >= 11 is 0. The Kier molecular flexibility index (Phi) is 3.51. The molecule has 1 heterocycles. The third-order valence-corrected chi connectivity index (χ3v) is 2.92. The van der Waals surface area contributed by atoms with E-state index >= 15 is 0 Å². The van der Waals surface area contributed by atoms with Gasteiger partial charge in [0, 0.05) is 18.3 Å². The molecule has 0 aliphatic heterocycles. The third kappa shape index (κ3) is 2.57. The summed E-state index contributed by atoms with van der Waals surface area (Å²) in [6.07, 6.45) is -1.40. The van der Waals surface area contributed by atoms with Crippen LogP contribution < -0.4 is 0 Å². The first kappa shape index (κ1) is 13.5. The zero-order chi connectivity index (χ0) is 14.0. The van der Waals surface area contributed by atoms with Crippen molar-refractivity contribution in [3.05, 3.63) is 60.4 Å². The van der Waals surface area contributed by atoms with Crippen molar-refractivity contribution >= 4 is 0 Å². The van der Waals surface area contributed by atoms with Gasteiger partial charge in [-0.3, -0.25) is 0 Å². The Morgan fingerprint density at radius 2 is 1.84 bits per heavy atom. The fourth-order valence-electron chi connectivity index (χ4n) is 2.25. The molecule has 1 nitrogen and oxygen atoms in total. The molecule has 2 aromatic rings. The second-order valence-electron chi connectivity index (χ2n) is 4.34. The topological polar surface area (TPSA) is 4.93 Å². The van der Waals surface area contributed by atoms with Gasteiger partial charge in [0.25, 0.3) is 0 Å². The summed E-state index contributed by atoms with van der Waals surface area (Å²) in [5.41, 5.74) is 0.821. The van der Waals surface area contributed by atoms with Gasteiger partial charge in [0.1, 0.15) is 5.69 Å². The summed E-state index contributed by atoms with van der Waals surface area (Å²) in [5, 5.41) is 0. The zero-order valence-electron chi connectivity index (χ0n) is 10.5. The molecule has 1 aromatic carbocycles. The van der Waals surface area contributed by atoms with Gasteiger partial charge in [0.05, 0.1) is 0 Å². The molecule has 1 aromatic heterocycles. The number of aryl methyl sites for hydroxylation is 1. The van der Waals surface area contributed by atoms with Crippen LogP contribution in [0.3, 0.4) is 0 Å². The minimum absolute atomic E-state index is 0.141. The normalized spacial score (nSPS) is 11.6. The third-order valence-electron chi connectivity index (χ3n) is 2.92. The van der Waals surface area contributed by atoms with Gasteiger partial charge in [0.2, 0.25) is 0 Å². The fraction of sp³-hybridized carbons (Fsp3) is 0.200. The Bertz CT molecular complexity index is 579. The highest BCUT2D eigenvalue weighted by molar-refractivity contribution is 5.71. The molecule has 0 atom stereocenters. The number of nitrogens with zero attached hydrogens (tertiary/aromatic N) is 1. The Morgan fingerprint density at radius 1 is 1.21 bits per heavy atom. The van der Waals surface area contributed by atoms with Crippen molar-refractivity contribution in [1.29, 1.82) is 0 Å².